The van der Waals surface area contributed by atoms with Gasteiger partial charge in [0.05, 0.1) is 6.54 Å². The maximum atomic E-state index is 5.17. The summed E-state index contributed by atoms with van der Waals surface area (Å²) in [4.78, 5) is 0. The monoisotopic (exact) mass is 143 g/mol. The molecule has 0 amide bonds. The van der Waals surface area contributed by atoms with Crippen LogP contribution in [0.15, 0.2) is 18.3 Å². The molecule has 1 aromatic heterocycles. The number of hydrogen-bond acceptors (Lipinski definition) is 0. The van der Waals surface area contributed by atoms with Gasteiger partial charge >= 0.3 is 0 Å². The first-order valence-electron chi connectivity index (χ1n) is 3.39. The van der Waals surface area contributed by atoms with E-state index in [9.17, 15) is 0 Å². The van der Waals surface area contributed by atoms with Gasteiger partial charge in [-0.15, -0.1) is 18.8 Å². The summed E-state index contributed by atoms with van der Waals surface area (Å²) < 4.78 is 1.97. The van der Waals surface area contributed by atoms with E-state index in [0.717, 1.165) is 5.69 Å². The average Bonchev–Trinajstić information content (AvgIpc) is 2.39. The molecule has 0 fully saturated rings. The van der Waals surface area contributed by atoms with Crippen LogP contribution in [-0.2, 0) is 13.0 Å². The fraction of sp³-hybridized carbons (Fsp3) is 0.200. The zero-order valence-corrected chi connectivity index (χ0v) is 6.25. The minimum atomic E-state index is 0.601. The molecule has 11 heavy (non-hydrogen) atoms. The Morgan fingerprint density at radius 3 is 2.82 bits per heavy atom. The highest BCUT2D eigenvalue weighted by atomic mass is 14.9. The fourth-order valence-electron chi connectivity index (χ4n) is 0.967. The number of rotatable bonds is 2. The Morgan fingerprint density at radius 1 is 1.36 bits per heavy atom. The van der Waals surface area contributed by atoms with Crippen LogP contribution in [0.3, 0.4) is 0 Å². The van der Waals surface area contributed by atoms with Gasteiger partial charge < -0.3 is 4.57 Å². The molecule has 0 unspecified atom stereocenters. The minimum absolute atomic E-state index is 0.601. The van der Waals surface area contributed by atoms with E-state index in [-0.39, 0.29) is 0 Å². The first kappa shape index (κ1) is 7.51. The summed E-state index contributed by atoms with van der Waals surface area (Å²) in [6.07, 6.45) is 12.9. The fourth-order valence-corrected chi connectivity index (χ4v) is 0.967. The Balaban J connectivity index is 2.82. The first-order chi connectivity index (χ1) is 5.38. The predicted octanol–water partition coefficient (Wildman–Crippen LogP) is 1.30. The molecule has 0 N–H and O–H groups in total. The van der Waals surface area contributed by atoms with Gasteiger partial charge in [-0.05, 0) is 12.1 Å². The molecule has 1 aromatic rings. The topological polar surface area (TPSA) is 4.93 Å². The smallest absolute Gasteiger partial charge is 0.0832 e. The Morgan fingerprint density at radius 2 is 2.18 bits per heavy atom. The van der Waals surface area contributed by atoms with Crippen LogP contribution in [0.5, 0.6) is 0 Å². The van der Waals surface area contributed by atoms with Crippen LogP contribution in [0.4, 0.5) is 0 Å². The zero-order valence-electron chi connectivity index (χ0n) is 6.25. The van der Waals surface area contributed by atoms with Crippen molar-refractivity contribution in [2.24, 2.45) is 0 Å². The highest BCUT2D eigenvalue weighted by Gasteiger charge is 1.95. The minimum Gasteiger partial charge on any atom is -0.339 e. The molecule has 0 radical (unpaired) electrons. The molecule has 0 aromatic carbocycles. The molecule has 1 nitrogen and oxygen atoms in total. The Labute approximate surface area is 67.0 Å². The van der Waals surface area contributed by atoms with E-state index in [2.05, 4.69) is 11.8 Å². The molecular weight excluding hydrogens is 134 g/mol. The Hall–Kier alpha value is -1.60. The summed E-state index contributed by atoms with van der Waals surface area (Å²) in [6, 6.07) is 3.93. The van der Waals surface area contributed by atoms with Crippen LogP contribution in [-0.4, -0.2) is 4.57 Å². The SMILES string of the molecule is C#CCc1cccn1CC#C. The maximum absolute atomic E-state index is 5.17. The molecule has 0 saturated heterocycles. The van der Waals surface area contributed by atoms with Crippen LogP contribution in [0.1, 0.15) is 5.69 Å². The van der Waals surface area contributed by atoms with E-state index in [4.69, 9.17) is 12.8 Å². The van der Waals surface area contributed by atoms with Gasteiger partial charge in [-0.2, -0.15) is 0 Å². The lowest BCUT2D eigenvalue weighted by atomic mass is 10.3. The normalized spacial score (nSPS) is 8.55. The van der Waals surface area contributed by atoms with E-state index in [0.29, 0.717) is 13.0 Å². The van der Waals surface area contributed by atoms with Gasteiger partial charge in [-0.25, -0.2) is 0 Å². The third kappa shape index (κ3) is 1.66. The quantitative estimate of drug-likeness (QED) is 0.550. The number of nitrogens with zero attached hydrogens (tertiary/aromatic N) is 1. The summed E-state index contributed by atoms with van der Waals surface area (Å²) in [6.45, 7) is 0.601. The molecule has 1 heterocycles. The molecule has 0 aliphatic heterocycles. The molecule has 0 aliphatic carbocycles. The third-order valence-corrected chi connectivity index (χ3v) is 1.47. The second-order valence-electron chi connectivity index (χ2n) is 2.21. The number of terminal acetylenes is 2. The lowest BCUT2D eigenvalue weighted by Crippen LogP contribution is -1.98. The van der Waals surface area contributed by atoms with Gasteiger partial charge in [-0.3, -0.25) is 0 Å². The Kier molecular flexibility index (Phi) is 2.42. The van der Waals surface area contributed by atoms with Crippen LogP contribution >= 0.6 is 0 Å². The second kappa shape index (κ2) is 3.54. The standard InChI is InChI=1S/C10H9N/c1-3-6-10-7-5-9-11(10)8-4-2/h1-2,5,7,9H,6,8H2. The van der Waals surface area contributed by atoms with Gasteiger partial charge in [0.1, 0.15) is 0 Å². The summed E-state index contributed by atoms with van der Waals surface area (Å²) in [5, 5.41) is 0. The van der Waals surface area contributed by atoms with Crippen molar-refractivity contribution in [2.45, 2.75) is 13.0 Å². The van der Waals surface area contributed by atoms with E-state index in [1.54, 1.807) is 0 Å². The van der Waals surface area contributed by atoms with E-state index >= 15 is 0 Å². The van der Waals surface area contributed by atoms with Crippen molar-refractivity contribution in [3.05, 3.63) is 24.0 Å². The van der Waals surface area contributed by atoms with Crippen molar-refractivity contribution in [2.75, 3.05) is 0 Å². The lowest BCUT2D eigenvalue weighted by Gasteiger charge is -2.00. The third-order valence-electron chi connectivity index (χ3n) is 1.47. The first-order valence-corrected chi connectivity index (χ1v) is 3.39. The highest BCUT2D eigenvalue weighted by molar-refractivity contribution is 5.14. The lowest BCUT2D eigenvalue weighted by molar-refractivity contribution is 0.802. The van der Waals surface area contributed by atoms with Crippen LogP contribution in [0, 0.1) is 24.7 Å². The van der Waals surface area contributed by atoms with Crippen molar-refractivity contribution in [3.63, 3.8) is 0 Å². The number of hydrogen-bond donors (Lipinski definition) is 0. The maximum Gasteiger partial charge on any atom is 0.0832 e. The zero-order chi connectivity index (χ0) is 8.10. The molecule has 0 bridgehead atoms. The van der Waals surface area contributed by atoms with E-state index in [1.165, 1.54) is 0 Å². The van der Waals surface area contributed by atoms with Crippen molar-refractivity contribution in [3.8, 4) is 24.7 Å². The largest absolute Gasteiger partial charge is 0.339 e. The van der Waals surface area contributed by atoms with Crippen molar-refractivity contribution >= 4 is 0 Å². The van der Waals surface area contributed by atoms with Gasteiger partial charge in [-0.1, -0.05) is 5.92 Å². The average molecular weight is 143 g/mol. The molecular formula is C10H9N. The summed E-state index contributed by atoms with van der Waals surface area (Å²) in [7, 11) is 0. The van der Waals surface area contributed by atoms with Gasteiger partial charge in [0, 0.05) is 18.3 Å². The van der Waals surface area contributed by atoms with Gasteiger partial charge in [0.2, 0.25) is 0 Å². The second-order valence-corrected chi connectivity index (χ2v) is 2.21. The molecule has 0 spiro atoms. The molecule has 54 valence electrons. The van der Waals surface area contributed by atoms with Crippen molar-refractivity contribution < 1.29 is 0 Å². The molecule has 0 aliphatic rings. The predicted molar refractivity (Wildman–Crippen MR) is 45.8 cm³/mol. The summed E-state index contributed by atoms with van der Waals surface area (Å²) in [5.41, 5.74) is 1.10. The van der Waals surface area contributed by atoms with Crippen molar-refractivity contribution in [1.29, 1.82) is 0 Å². The van der Waals surface area contributed by atoms with E-state index in [1.807, 2.05) is 22.9 Å². The van der Waals surface area contributed by atoms with Crippen LogP contribution < -0.4 is 0 Å². The van der Waals surface area contributed by atoms with E-state index < -0.39 is 0 Å². The molecule has 1 heteroatoms. The Bertz CT molecular complexity index is 276. The summed E-state index contributed by atoms with van der Waals surface area (Å²) in [5.74, 6) is 5.14. The van der Waals surface area contributed by atoms with Crippen LogP contribution in [0.25, 0.3) is 0 Å². The summed E-state index contributed by atoms with van der Waals surface area (Å²) >= 11 is 0. The molecule has 1 rings (SSSR count). The van der Waals surface area contributed by atoms with Crippen LogP contribution in [0.2, 0.25) is 0 Å². The van der Waals surface area contributed by atoms with Gasteiger partial charge in [0.15, 0.2) is 0 Å². The highest BCUT2D eigenvalue weighted by Crippen LogP contribution is 2.01. The molecule has 0 saturated carbocycles. The van der Waals surface area contributed by atoms with Crippen molar-refractivity contribution in [1.82, 2.24) is 4.57 Å². The number of aromatic nitrogens is 1. The molecule has 0 atom stereocenters. The van der Waals surface area contributed by atoms with Gasteiger partial charge in [0.25, 0.3) is 0 Å².